The molecule has 4 heterocycles. The number of piperazine rings is 1. The van der Waals surface area contributed by atoms with Crippen LogP contribution in [0.1, 0.15) is 30.9 Å². The number of nitrogens with one attached hydrogen (secondary N) is 2. The maximum atomic E-state index is 13.4. The molecule has 48 heavy (non-hydrogen) atoms. The first-order valence-electron chi connectivity index (χ1n) is 16.7. The van der Waals surface area contributed by atoms with Crippen LogP contribution < -0.4 is 25.6 Å². The van der Waals surface area contributed by atoms with Gasteiger partial charge in [-0.3, -0.25) is 4.90 Å². The summed E-state index contributed by atoms with van der Waals surface area (Å²) in [6, 6.07) is 10.8. The highest BCUT2D eigenvalue weighted by Crippen LogP contribution is 2.40. The molecule has 0 radical (unpaired) electrons. The molecule has 0 amide bonds. The summed E-state index contributed by atoms with van der Waals surface area (Å²) < 4.78 is 21.8. The van der Waals surface area contributed by atoms with Gasteiger partial charge in [0.15, 0.2) is 0 Å². The number of methoxy groups -OCH3 is 1. The lowest BCUT2D eigenvalue weighted by atomic mass is 9.99. The van der Waals surface area contributed by atoms with E-state index in [1.807, 2.05) is 31.3 Å². The van der Waals surface area contributed by atoms with Gasteiger partial charge in [0, 0.05) is 74.8 Å². The second-order valence-electron chi connectivity index (χ2n) is 13.2. The molecule has 13 heteroatoms. The number of aryl methyl sites for hydroxylation is 2. The summed E-state index contributed by atoms with van der Waals surface area (Å²) in [7, 11) is 1.25. The number of halogens is 1. The number of aromatic nitrogens is 4. The number of ether oxygens (including phenoxy) is 1. The van der Waals surface area contributed by atoms with Crippen LogP contribution in [-0.4, -0.2) is 102 Å². The molecule has 0 bridgehead atoms. The van der Waals surface area contributed by atoms with Gasteiger partial charge in [0.25, 0.3) is 0 Å². The summed E-state index contributed by atoms with van der Waals surface area (Å²) in [6.07, 6.45) is 8.71. The molecule has 0 unspecified atom stereocenters. The first-order valence-corrected chi connectivity index (χ1v) is 20.1. The predicted octanol–water partition coefficient (Wildman–Crippen LogP) is 6.26. The highest BCUT2D eigenvalue weighted by atomic mass is 79.9. The second-order valence-corrected chi connectivity index (χ2v) is 17.3. The molecular weight excluding hydrogens is 689 g/mol. The Bertz CT molecular complexity index is 1790. The van der Waals surface area contributed by atoms with Gasteiger partial charge in [0.2, 0.25) is 5.95 Å². The van der Waals surface area contributed by atoms with Crippen molar-refractivity contribution in [3.8, 4) is 11.4 Å². The van der Waals surface area contributed by atoms with Gasteiger partial charge in [-0.25, -0.2) is 9.67 Å². The highest BCUT2D eigenvalue weighted by molar-refractivity contribution is 9.10. The zero-order valence-corrected chi connectivity index (χ0v) is 31.3. The van der Waals surface area contributed by atoms with Gasteiger partial charge in [0.1, 0.15) is 18.7 Å². The van der Waals surface area contributed by atoms with Crippen molar-refractivity contribution in [2.75, 3.05) is 82.3 Å². The van der Waals surface area contributed by atoms with Gasteiger partial charge in [0.05, 0.1) is 34.8 Å². The highest BCUT2D eigenvalue weighted by Gasteiger charge is 2.28. The molecule has 6 rings (SSSR count). The van der Waals surface area contributed by atoms with Crippen molar-refractivity contribution in [1.29, 1.82) is 0 Å². The largest absolute Gasteiger partial charge is 0.494 e. The van der Waals surface area contributed by atoms with Crippen molar-refractivity contribution >= 4 is 57.2 Å². The zero-order chi connectivity index (χ0) is 34.0. The first kappa shape index (κ1) is 34.4. The normalized spacial score (nSPS) is 16.7. The van der Waals surface area contributed by atoms with E-state index < -0.39 is 7.14 Å². The lowest BCUT2D eigenvalue weighted by Crippen LogP contribution is -2.52. The van der Waals surface area contributed by atoms with Crippen molar-refractivity contribution < 1.29 is 9.30 Å². The maximum absolute atomic E-state index is 13.4. The minimum Gasteiger partial charge on any atom is -0.494 e. The van der Waals surface area contributed by atoms with Crippen LogP contribution in [-0.2, 0) is 11.0 Å². The fourth-order valence-electron chi connectivity index (χ4n) is 6.65. The molecule has 2 aromatic heterocycles. The van der Waals surface area contributed by atoms with Crippen molar-refractivity contribution in [2.24, 2.45) is 0 Å². The number of nitrogens with zero attached hydrogens (tertiary/aromatic N) is 7. The van der Waals surface area contributed by atoms with Crippen LogP contribution in [0.4, 0.5) is 28.8 Å². The summed E-state index contributed by atoms with van der Waals surface area (Å²) in [5, 5.41) is 12.0. The van der Waals surface area contributed by atoms with E-state index in [1.165, 1.54) is 37.2 Å². The molecule has 256 valence electrons. The number of anilines is 5. The van der Waals surface area contributed by atoms with Crippen LogP contribution in [0.15, 0.2) is 53.4 Å². The summed E-state index contributed by atoms with van der Waals surface area (Å²) in [4.78, 5) is 17.0. The molecule has 2 fully saturated rings. The smallest absolute Gasteiger partial charge is 0.229 e. The molecule has 2 saturated heterocycles. The van der Waals surface area contributed by atoms with Crippen LogP contribution in [0.5, 0.6) is 5.75 Å². The van der Waals surface area contributed by atoms with Crippen LogP contribution in [0.3, 0.4) is 0 Å². The summed E-state index contributed by atoms with van der Waals surface area (Å²) in [5.41, 5.74) is 5.92. The molecule has 0 saturated carbocycles. The predicted molar refractivity (Wildman–Crippen MR) is 200 cm³/mol. The van der Waals surface area contributed by atoms with Crippen LogP contribution in [0.2, 0.25) is 0 Å². The molecule has 0 spiro atoms. The fraction of sp³-hybridized carbons (Fsp3) is 0.457. The third-order valence-corrected chi connectivity index (χ3v) is 11.5. The Morgan fingerprint density at radius 1 is 1.00 bits per heavy atom. The number of piperidine rings is 1. The van der Waals surface area contributed by atoms with E-state index in [2.05, 4.69) is 77.5 Å². The summed E-state index contributed by atoms with van der Waals surface area (Å²) in [5.74, 6) is 1.72. The third-order valence-electron chi connectivity index (χ3n) is 9.42. The van der Waals surface area contributed by atoms with Crippen molar-refractivity contribution in [3.05, 3.63) is 64.5 Å². The molecule has 4 aromatic rings. The van der Waals surface area contributed by atoms with E-state index in [0.717, 1.165) is 55.3 Å². The Labute approximate surface area is 292 Å². The average Bonchev–Trinajstić information content (AvgIpc) is 3.52. The Morgan fingerprint density at radius 2 is 1.75 bits per heavy atom. The standard InChI is InChI=1S/C35H47BrN9O2P/c1-7-25-18-30(32(47-4)20-31(25)44-12-10-26(11-13-44)43-16-14-42(3)15-17-43)40-35-37-22-28(36)34(41-35)39-29-9-8-27(19-33(29)48(5,6)46)45-23-24(2)21-38-45/h8-9,18-23,26H,7,10-17H2,1-6H3,(H2,37,39,40,41). The SMILES string of the molecule is CCc1cc(Nc2ncc(Br)c(Nc3ccc(-n4cc(C)cn4)cc3P(C)(C)=O)n2)c(OC)cc1N1CCC(N2CCN(C)CC2)CC1. The second kappa shape index (κ2) is 14.6. The topological polar surface area (TPSA) is 104 Å². The van der Waals surface area contributed by atoms with Gasteiger partial charge in [-0.15, -0.1) is 0 Å². The van der Waals surface area contributed by atoms with Gasteiger partial charge in [-0.2, -0.15) is 10.1 Å². The Hall–Kier alpha value is -3.44. The van der Waals surface area contributed by atoms with Crippen LogP contribution in [0, 0.1) is 6.92 Å². The molecule has 0 atom stereocenters. The van der Waals surface area contributed by atoms with Crippen molar-refractivity contribution in [3.63, 3.8) is 0 Å². The quantitative estimate of drug-likeness (QED) is 0.182. The average molecular weight is 737 g/mol. The van der Waals surface area contributed by atoms with E-state index in [9.17, 15) is 4.57 Å². The number of hydrogen-bond donors (Lipinski definition) is 2. The Balaban J connectivity index is 1.21. The molecule has 2 N–H and O–H groups in total. The fourth-order valence-corrected chi connectivity index (χ4v) is 8.09. The summed E-state index contributed by atoms with van der Waals surface area (Å²) in [6.45, 7) is 14.5. The maximum Gasteiger partial charge on any atom is 0.229 e. The number of likely N-dealkylation sites (N-methyl/N-ethyl adjacent to an activating group) is 1. The minimum atomic E-state index is -2.67. The molecule has 0 aliphatic carbocycles. The van der Waals surface area contributed by atoms with E-state index in [-0.39, 0.29) is 0 Å². The van der Waals surface area contributed by atoms with Gasteiger partial charge < -0.3 is 29.7 Å². The molecule has 11 nitrogen and oxygen atoms in total. The molecule has 2 aromatic carbocycles. The van der Waals surface area contributed by atoms with Crippen LogP contribution >= 0.6 is 23.1 Å². The van der Waals surface area contributed by atoms with Crippen molar-refractivity contribution in [1.82, 2.24) is 29.5 Å². The van der Waals surface area contributed by atoms with E-state index in [0.29, 0.717) is 33.3 Å². The van der Waals surface area contributed by atoms with Crippen LogP contribution in [0.25, 0.3) is 5.69 Å². The van der Waals surface area contributed by atoms with Gasteiger partial charge in [-0.1, -0.05) is 6.92 Å². The number of hydrogen-bond acceptors (Lipinski definition) is 10. The zero-order valence-electron chi connectivity index (χ0n) is 28.8. The van der Waals surface area contributed by atoms with Gasteiger partial charge in [-0.05, 0) is 97.9 Å². The first-order chi connectivity index (χ1) is 23.0. The lowest BCUT2D eigenvalue weighted by molar-refractivity contribution is 0.0982. The third kappa shape index (κ3) is 7.72. The van der Waals surface area contributed by atoms with E-state index in [4.69, 9.17) is 9.72 Å². The Morgan fingerprint density at radius 3 is 2.40 bits per heavy atom. The monoisotopic (exact) mass is 735 g/mol. The van der Waals surface area contributed by atoms with E-state index >= 15 is 0 Å². The van der Waals surface area contributed by atoms with Crippen molar-refractivity contribution in [2.45, 2.75) is 39.2 Å². The molecular formula is C35H47BrN9O2P. The Kier molecular flexibility index (Phi) is 10.5. The minimum absolute atomic E-state index is 0.420. The van der Waals surface area contributed by atoms with E-state index in [1.54, 1.807) is 37.5 Å². The lowest BCUT2D eigenvalue weighted by Gasteiger charge is -2.43. The molecule has 2 aliphatic heterocycles. The number of benzene rings is 2. The molecule has 2 aliphatic rings. The van der Waals surface area contributed by atoms with Gasteiger partial charge >= 0.3 is 0 Å². The summed E-state index contributed by atoms with van der Waals surface area (Å²) >= 11 is 3.61. The number of rotatable bonds is 10.